The monoisotopic (exact) mass is 395 g/mol. The number of nitrogens with zero attached hydrogens (tertiary/aromatic N) is 2. The Hall–Kier alpha value is -2.40. The number of rotatable bonds is 11. The van der Waals surface area contributed by atoms with Gasteiger partial charge in [-0.2, -0.15) is 0 Å². The zero-order valence-electron chi connectivity index (χ0n) is 16.8. The highest BCUT2D eigenvalue weighted by Crippen LogP contribution is 2.28. The van der Waals surface area contributed by atoms with E-state index in [-0.39, 0.29) is 0 Å². The molecule has 0 bridgehead atoms. The molecule has 0 fully saturated rings. The Morgan fingerprint density at radius 1 is 1.00 bits per heavy atom. The van der Waals surface area contributed by atoms with Crippen molar-refractivity contribution in [2.24, 2.45) is 0 Å². The lowest BCUT2D eigenvalue weighted by molar-refractivity contribution is 0.304. The number of aromatic nitrogens is 2. The van der Waals surface area contributed by atoms with Crippen LogP contribution in [-0.2, 0) is 0 Å². The molecule has 0 unspecified atom stereocenters. The number of hydrogen-bond donors (Lipinski definition) is 1. The predicted molar refractivity (Wildman–Crippen MR) is 119 cm³/mol. The third-order valence-electron chi connectivity index (χ3n) is 4.66. The summed E-state index contributed by atoms with van der Waals surface area (Å²) in [6.07, 6.45) is 9.48. The normalized spacial score (nSPS) is 10.8. The largest absolute Gasteiger partial charge is 0.494 e. The van der Waals surface area contributed by atoms with Crippen molar-refractivity contribution in [3.8, 4) is 17.0 Å². The number of pyridine rings is 1. The molecule has 0 aliphatic carbocycles. The molecule has 0 amide bonds. The molecule has 0 spiro atoms. The van der Waals surface area contributed by atoms with Gasteiger partial charge in [-0.15, -0.1) is 11.3 Å². The van der Waals surface area contributed by atoms with Crippen molar-refractivity contribution in [2.45, 2.75) is 52.4 Å². The molecule has 0 aliphatic rings. The third kappa shape index (κ3) is 6.06. The van der Waals surface area contributed by atoms with E-state index in [4.69, 9.17) is 4.74 Å². The van der Waals surface area contributed by atoms with Crippen LogP contribution in [0.3, 0.4) is 0 Å². The van der Waals surface area contributed by atoms with Gasteiger partial charge in [0, 0.05) is 28.5 Å². The SMILES string of the molecule is CCCCCCCCOc1ccc(Nc2nc(-c3cccnc3C)cs2)cc1. The van der Waals surface area contributed by atoms with Crippen LogP contribution >= 0.6 is 11.3 Å². The lowest BCUT2D eigenvalue weighted by Crippen LogP contribution is -1.97. The maximum Gasteiger partial charge on any atom is 0.187 e. The van der Waals surface area contributed by atoms with Crippen LogP contribution in [0.25, 0.3) is 11.3 Å². The fourth-order valence-electron chi connectivity index (χ4n) is 3.04. The maximum absolute atomic E-state index is 5.85. The number of benzene rings is 1. The molecule has 0 aliphatic heterocycles. The van der Waals surface area contributed by atoms with E-state index in [1.807, 2.05) is 37.3 Å². The lowest BCUT2D eigenvalue weighted by Gasteiger charge is -2.08. The number of unbranched alkanes of at least 4 members (excludes halogenated alkanes) is 5. The molecule has 0 atom stereocenters. The van der Waals surface area contributed by atoms with Gasteiger partial charge in [-0.3, -0.25) is 4.98 Å². The van der Waals surface area contributed by atoms with Crippen LogP contribution in [0.1, 0.15) is 51.1 Å². The van der Waals surface area contributed by atoms with E-state index < -0.39 is 0 Å². The van der Waals surface area contributed by atoms with Crippen LogP contribution in [0.4, 0.5) is 10.8 Å². The summed E-state index contributed by atoms with van der Waals surface area (Å²) in [6, 6.07) is 12.1. The minimum absolute atomic E-state index is 0.791. The van der Waals surface area contributed by atoms with Crippen LogP contribution in [-0.4, -0.2) is 16.6 Å². The molecular formula is C23H29N3OS. The maximum atomic E-state index is 5.85. The van der Waals surface area contributed by atoms with Gasteiger partial charge in [0.1, 0.15) is 5.75 Å². The molecule has 0 radical (unpaired) electrons. The molecule has 2 heterocycles. The van der Waals surface area contributed by atoms with Crippen LogP contribution < -0.4 is 10.1 Å². The molecule has 4 nitrogen and oxygen atoms in total. The average Bonchev–Trinajstić information content (AvgIpc) is 3.17. The predicted octanol–water partition coefficient (Wildman–Crippen LogP) is 7.00. The highest BCUT2D eigenvalue weighted by atomic mass is 32.1. The van der Waals surface area contributed by atoms with Crippen LogP contribution in [0.5, 0.6) is 5.75 Å². The van der Waals surface area contributed by atoms with Gasteiger partial charge in [0.25, 0.3) is 0 Å². The highest BCUT2D eigenvalue weighted by molar-refractivity contribution is 7.14. The number of thiazole rings is 1. The van der Waals surface area contributed by atoms with Gasteiger partial charge < -0.3 is 10.1 Å². The quantitative estimate of drug-likeness (QED) is 0.355. The van der Waals surface area contributed by atoms with Crippen molar-refractivity contribution < 1.29 is 4.74 Å². The first kappa shape index (κ1) is 20.3. The summed E-state index contributed by atoms with van der Waals surface area (Å²) in [6.45, 7) is 5.04. The molecule has 0 saturated heterocycles. The number of anilines is 2. The molecule has 3 aromatic rings. The van der Waals surface area contributed by atoms with Crippen molar-refractivity contribution in [3.05, 3.63) is 53.7 Å². The zero-order valence-corrected chi connectivity index (χ0v) is 17.6. The van der Waals surface area contributed by atoms with Crippen molar-refractivity contribution in [1.82, 2.24) is 9.97 Å². The molecular weight excluding hydrogens is 366 g/mol. The number of ether oxygens (including phenoxy) is 1. The van der Waals surface area contributed by atoms with Gasteiger partial charge >= 0.3 is 0 Å². The summed E-state index contributed by atoms with van der Waals surface area (Å²) in [7, 11) is 0. The van der Waals surface area contributed by atoms with E-state index in [0.717, 1.165) is 46.5 Å². The van der Waals surface area contributed by atoms with E-state index in [2.05, 4.69) is 33.7 Å². The Morgan fingerprint density at radius 3 is 2.57 bits per heavy atom. The van der Waals surface area contributed by atoms with E-state index in [9.17, 15) is 0 Å². The van der Waals surface area contributed by atoms with E-state index in [1.54, 1.807) is 17.5 Å². The molecule has 148 valence electrons. The second kappa shape index (κ2) is 10.8. The number of nitrogens with one attached hydrogen (secondary N) is 1. The van der Waals surface area contributed by atoms with Crippen molar-refractivity contribution in [3.63, 3.8) is 0 Å². The van der Waals surface area contributed by atoms with E-state index in [0.29, 0.717) is 0 Å². The first-order valence-electron chi connectivity index (χ1n) is 10.1. The fraction of sp³-hybridized carbons (Fsp3) is 0.391. The Morgan fingerprint density at radius 2 is 1.79 bits per heavy atom. The smallest absolute Gasteiger partial charge is 0.187 e. The Kier molecular flexibility index (Phi) is 7.85. The Labute approximate surface area is 172 Å². The lowest BCUT2D eigenvalue weighted by atomic mass is 10.1. The molecule has 1 N–H and O–H groups in total. The van der Waals surface area contributed by atoms with Crippen LogP contribution in [0, 0.1) is 6.92 Å². The van der Waals surface area contributed by atoms with Crippen molar-refractivity contribution >= 4 is 22.2 Å². The Bertz CT molecular complexity index is 845. The minimum Gasteiger partial charge on any atom is -0.494 e. The summed E-state index contributed by atoms with van der Waals surface area (Å²) in [5.74, 6) is 0.921. The fourth-order valence-corrected chi connectivity index (χ4v) is 3.77. The van der Waals surface area contributed by atoms with E-state index >= 15 is 0 Å². The second-order valence-corrected chi connectivity index (χ2v) is 7.80. The summed E-state index contributed by atoms with van der Waals surface area (Å²) in [5, 5.41) is 6.30. The zero-order chi connectivity index (χ0) is 19.6. The van der Waals surface area contributed by atoms with Crippen molar-refractivity contribution in [2.75, 3.05) is 11.9 Å². The van der Waals surface area contributed by atoms with Gasteiger partial charge in [-0.05, 0) is 49.7 Å². The van der Waals surface area contributed by atoms with E-state index in [1.165, 1.54) is 32.1 Å². The minimum atomic E-state index is 0.791. The summed E-state index contributed by atoms with van der Waals surface area (Å²) >= 11 is 1.60. The molecule has 3 rings (SSSR count). The number of hydrogen-bond acceptors (Lipinski definition) is 5. The topological polar surface area (TPSA) is 47.0 Å². The van der Waals surface area contributed by atoms with Crippen LogP contribution in [0.2, 0.25) is 0 Å². The average molecular weight is 396 g/mol. The van der Waals surface area contributed by atoms with Crippen molar-refractivity contribution in [1.29, 1.82) is 0 Å². The Balaban J connectivity index is 1.46. The second-order valence-electron chi connectivity index (χ2n) is 6.94. The van der Waals surface area contributed by atoms with Crippen LogP contribution in [0.15, 0.2) is 48.0 Å². The first-order chi connectivity index (χ1) is 13.8. The van der Waals surface area contributed by atoms with Gasteiger partial charge in [0.05, 0.1) is 12.3 Å². The van der Waals surface area contributed by atoms with Gasteiger partial charge in [0.15, 0.2) is 5.13 Å². The first-order valence-corrected chi connectivity index (χ1v) is 11.0. The standard InChI is InChI=1S/C23H29N3OS/c1-3-4-5-6-7-8-16-27-20-13-11-19(12-14-20)25-23-26-22(17-28-23)21-10-9-15-24-18(21)2/h9-15,17H,3-8,16H2,1-2H3,(H,25,26). The number of aryl methyl sites for hydroxylation is 1. The summed E-state index contributed by atoms with van der Waals surface area (Å²) in [4.78, 5) is 9.02. The molecule has 28 heavy (non-hydrogen) atoms. The molecule has 0 saturated carbocycles. The highest BCUT2D eigenvalue weighted by Gasteiger charge is 2.08. The molecule has 1 aromatic carbocycles. The summed E-state index contributed by atoms with van der Waals surface area (Å²) in [5.41, 5.74) is 4.03. The third-order valence-corrected chi connectivity index (χ3v) is 5.42. The van der Waals surface area contributed by atoms with Gasteiger partial charge in [-0.25, -0.2) is 4.98 Å². The van der Waals surface area contributed by atoms with Gasteiger partial charge in [-0.1, -0.05) is 39.0 Å². The molecule has 2 aromatic heterocycles. The molecule has 5 heteroatoms. The summed E-state index contributed by atoms with van der Waals surface area (Å²) < 4.78 is 5.85. The van der Waals surface area contributed by atoms with Gasteiger partial charge in [0.2, 0.25) is 0 Å².